The lowest BCUT2D eigenvalue weighted by Gasteiger charge is -1.96. The van der Waals surface area contributed by atoms with Crippen molar-refractivity contribution in [1.29, 1.82) is 0 Å². The number of hydrogen-bond donors (Lipinski definition) is 2. The van der Waals surface area contributed by atoms with E-state index >= 15 is 0 Å². The van der Waals surface area contributed by atoms with Crippen LogP contribution >= 0.6 is 12.4 Å². The second kappa shape index (κ2) is 5.87. The first kappa shape index (κ1) is 13.0. The molecule has 0 amide bonds. The van der Waals surface area contributed by atoms with Gasteiger partial charge < -0.3 is 10.3 Å². The Kier molecular flexibility index (Phi) is 4.77. The van der Waals surface area contributed by atoms with E-state index in [2.05, 4.69) is 47.3 Å². The Labute approximate surface area is 102 Å². The van der Waals surface area contributed by atoms with E-state index in [1.807, 2.05) is 0 Å². The van der Waals surface area contributed by atoms with Gasteiger partial charge in [-0.1, -0.05) is 19.1 Å². The van der Waals surface area contributed by atoms with Crippen molar-refractivity contribution in [3.05, 3.63) is 29.6 Å². The minimum Gasteiger partial charge on any atom is -0.342 e. The Morgan fingerprint density at radius 1 is 1.38 bits per heavy atom. The molecule has 0 fully saturated rings. The molecule has 0 atom stereocenters. The highest BCUT2D eigenvalue weighted by Crippen LogP contribution is 2.15. The quantitative estimate of drug-likeness (QED) is 0.805. The number of nitrogens with one attached hydrogen (secondary N) is 2. The maximum absolute atomic E-state index is 4.59. The number of para-hydroxylation sites is 1. The van der Waals surface area contributed by atoms with E-state index < -0.39 is 0 Å². The Bertz CT molecular complexity index is 450. The van der Waals surface area contributed by atoms with Crippen LogP contribution in [0, 0.1) is 6.92 Å². The van der Waals surface area contributed by atoms with Crippen LogP contribution in [0.5, 0.6) is 0 Å². The van der Waals surface area contributed by atoms with Crippen LogP contribution in [0.1, 0.15) is 18.3 Å². The van der Waals surface area contributed by atoms with Gasteiger partial charge in [-0.05, 0) is 25.1 Å². The molecular weight excluding hydrogens is 222 g/mol. The SMILES string of the molecule is CCNCCc1nc2c(C)cccc2[nH]1.Cl. The summed E-state index contributed by atoms with van der Waals surface area (Å²) in [5, 5.41) is 3.30. The predicted molar refractivity (Wildman–Crippen MR) is 70.3 cm³/mol. The van der Waals surface area contributed by atoms with Gasteiger partial charge in [0.2, 0.25) is 0 Å². The van der Waals surface area contributed by atoms with Gasteiger partial charge in [0.1, 0.15) is 5.82 Å². The summed E-state index contributed by atoms with van der Waals surface area (Å²) < 4.78 is 0. The van der Waals surface area contributed by atoms with Gasteiger partial charge in [0.25, 0.3) is 0 Å². The molecule has 16 heavy (non-hydrogen) atoms. The number of aromatic nitrogens is 2. The number of imidazole rings is 1. The minimum atomic E-state index is 0. The van der Waals surface area contributed by atoms with E-state index in [1.165, 1.54) is 5.56 Å². The van der Waals surface area contributed by atoms with Crippen molar-refractivity contribution in [2.45, 2.75) is 20.3 Å². The molecule has 0 radical (unpaired) electrons. The molecule has 2 rings (SSSR count). The first-order valence-electron chi connectivity index (χ1n) is 5.46. The molecule has 0 saturated carbocycles. The highest BCUT2D eigenvalue weighted by Gasteiger charge is 2.03. The third-order valence-corrected chi connectivity index (χ3v) is 2.55. The standard InChI is InChI=1S/C12H17N3.ClH/c1-3-13-8-7-11-14-10-6-4-5-9(2)12(10)15-11;/h4-6,13H,3,7-8H2,1-2H3,(H,14,15);1H. The molecule has 2 N–H and O–H groups in total. The number of aryl methyl sites for hydroxylation is 1. The summed E-state index contributed by atoms with van der Waals surface area (Å²) in [6, 6.07) is 6.23. The highest BCUT2D eigenvalue weighted by molar-refractivity contribution is 5.85. The monoisotopic (exact) mass is 239 g/mol. The number of nitrogens with zero attached hydrogens (tertiary/aromatic N) is 1. The minimum absolute atomic E-state index is 0. The molecule has 3 nitrogen and oxygen atoms in total. The molecule has 0 aliphatic rings. The fourth-order valence-corrected chi connectivity index (χ4v) is 1.73. The topological polar surface area (TPSA) is 40.7 Å². The molecule has 1 aromatic heterocycles. The summed E-state index contributed by atoms with van der Waals surface area (Å²) in [6.45, 7) is 6.20. The highest BCUT2D eigenvalue weighted by atomic mass is 35.5. The fraction of sp³-hybridized carbons (Fsp3) is 0.417. The average Bonchev–Trinajstić information content (AvgIpc) is 2.63. The lowest BCUT2D eigenvalue weighted by Crippen LogP contribution is -2.16. The molecule has 88 valence electrons. The molecule has 0 spiro atoms. The lowest BCUT2D eigenvalue weighted by atomic mass is 10.2. The summed E-state index contributed by atoms with van der Waals surface area (Å²) in [5.41, 5.74) is 3.48. The van der Waals surface area contributed by atoms with Gasteiger partial charge in [-0.3, -0.25) is 0 Å². The van der Waals surface area contributed by atoms with Crippen LogP contribution in [-0.4, -0.2) is 23.1 Å². The zero-order chi connectivity index (χ0) is 10.7. The molecule has 0 saturated heterocycles. The number of rotatable bonds is 4. The van der Waals surface area contributed by atoms with E-state index in [-0.39, 0.29) is 12.4 Å². The number of aromatic amines is 1. The smallest absolute Gasteiger partial charge is 0.108 e. The average molecular weight is 240 g/mol. The zero-order valence-electron chi connectivity index (χ0n) is 9.71. The first-order valence-corrected chi connectivity index (χ1v) is 5.46. The van der Waals surface area contributed by atoms with Crippen molar-refractivity contribution in [2.75, 3.05) is 13.1 Å². The van der Waals surface area contributed by atoms with Crippen LogP contribution < -0.4 is 5.32 Å². The number of benzene rings is 1. The van der Waals surface area contributed by atoms with Crippen molar-refractivity contribution < 1.29 is 0 Å². The largest absolute Gasteiger partial charge is 0.342 e. The van der Waals surface area contributed by atoms with Crippen LogP contribution in [-0.2, 0) is 6.42 Å². The zero-order valence-corrected chi connectivity index (χ0v) is 10.5. The number of fused-ring (bicyclic) bond motifs is 1. The van der Waals surface area contributed by atoms with Gasteiger partial charge in [-0.2, -0.15) is 0 Å². The molecule has 2 aromatic rings. The lowest BCUT2D eigenvalue weighted by molar-refractivity contribution is 0.702. The van der Waals surface area contributed by atoms with E-state index in [0.29, 0.717) is 0 Å². The molecule has 0 bridgehead atoms. The van der Waals surface area contributed by atoms with E-state index in [4.69, 9.17) is 0 Å². The first-order chi connectivity index (χ1) is 7.31. The van der Waals surface area contributed by atoms with E-state index in [9.17, 15) is 0 Å². The van der Waals surface area contributed by atoms with Crippen LogP contribution in [0.25, 0.3) is 11.0 Å². The Balaban J connectivity index is 0.00000128. The second-order valence-electron chi connectivity index (χ2n) is 3.76. The summed E-state index contributed by atoms with van der Waals surface area (Å²) in [7, 11) is 0. The summed E-state index contributed by atoms with van der Waals surface area (Å²) in [4.78, 5) is 7.93. The molecule has 4 heteroatoms. The summed E-state index contributed by atoms with van der Waals surface area (Å²) >= 11 is 0. The molecule has 0 aliphatic heterocycles. The number of halogens is 1. The Hall–Kier alpha value is -1.06. The van der Waals surface area contributed by atoms with Crippen molar-refractivity contribution in [3.63, 3.8) is 0 Å². The third-order valence-electron chi connectivity index (χ3n) is 2.55. The van der Waals surface area contributed by atoms with Gasteiger partial charge in [0, 0.05) is 13.0 Å². The van der Waals surface area contributed by atoms with E-state index in [1.54, 1.807) is 0 Å². The third kappa shape index (κ3) is 2.74. The van der Waals surface area contributed by atoms with Crippen molar-refractivity contribution in [3.8, 4) is 0 Å². The Morgan fingerprint density at radius 2 is 2.19 bits per heavy atom. The molecular formula is C12H18ClN3. The maximum atomic E-state index is 4.59. The van der Waals surface area contributed by atoms with Crippen molar-refractivity contribution in [1.82, 2.24) is 15.3 Å². The van der Waals surface area contributed by atoms with Crippen LogP contribution in [0.2, 0.25) is 0 Å². The van der Waals surface area contributed by atoms with Crippen molar-refractivity contribution >= 4 is 23.4 Å². The molecule has 1 heterocycles. The van der Waals surface area contributed by atoms with Gasteiger partial charge >= 0.3 is 0 Å². The number of H-pyrrole nitrogens is 1. The van der Waals surface area contributed by atoms with Crippen LogP contribution in [0.4, 0.5) is 0 Å². The van der Waals surface area contributed by atoms with Gasteiger partial charge in [0.15, 0.2) is 0 Å². The summed E-state index contributed by atoms with van der Waals surface area (Å²) in [5.74, 6) is 1.07. The molecule has 0 aliphatic carbocycles. The number of hydrogen-bond acceptors (Lipinski definition) is 2. The fourth-order valence-electron chi connectivity index (χ4n) is 1.73. The predicted octanol–water partition coefficient (Wildman–Crippen LogP) is 2.45. The maximum Gasteiger partial charge on any atom is 0.108 e. The van der Waals surface area contributed by atoms with E-state index in [0.717, 1.165) is 36.4 Å². The van der Waals surface area contributed by atoms with Gasteiger partial charge in [-0.25, -0.2) is 4.98 Å². The number of likely N-dealkylation sites (N-methyl/N-ethyl adjacent to an activating group) is 1. The molecule has 1 aromatic carbocycles. The van der Waals surface area contributed by atoms with Crippen LogP contribution in [0.15, 0.2) is 18.2 Å². The second-order valence-corrected chi connectivity index (χ2v) is 3.76. The van der Waals surface area contributed by atoms with Gasteiger partial charge in [-0.15, -0.1) is 12.4 Å². The summed E-state index contributed by atoms with van der Waals surface area (Å²) in [6.07, 6.45) is 0.960. The van der Waals surface area contributed by atoms with Gasteiger partial charge in [0.05, 0.1) is 11.0 Å². The van der Waals surface area contributed by atoms with Crippen LogP contribution in [0.3, 0.4) is 0 Å². The Morgan fingerprint density at radius 3 is 2.88 bits per heavy atom. The normalized spacial score (nSPS) is 10.4. The molecule has 0 unspecified atom stereocenters. The van der Waals surface area contributed by atoms with Crippen molar-refractivity contribution in [2.24, 2.45) is 0 Å².